The van der Waals surface area contributed by atoms with Crippen molar-refractivity contribution in [2.24, 2.45) is 0 Å². The van der Waals surface area contributed by atoms with Crippen LogP contribution in [0, 0.1) is 6.92 Å². The molecule has 1 heterocycles. The smallest absolute Gasteiger partial charge is 0.318 e. The molecule has 0 saturated heterocycles. The number of oxazole rings is 1. The van der Waals surface area contributed by atoms with E-state index in [1.165, 1.54) is 0 Å². The van der Waals surface area contributed by atoms with Gasteiger partial charge in [0.1, 0.15) is 5.52 Å². The number of rotatable bonds is 1. The lowest BCUT2D eigenvalue weighted by Crippen LogP contribution is -2.24. The van der Waals surface area contributed by atoms with Crippen molar-refractivity contribution < 1.29 is 9.21 Å². The van der Waals surface area contributed by atoms with E-state index in [1.54, 1.807) is 32.2 Å². The molecule has 5 nitrogen and oxygen atoms in total. The summed E-state index contributed by atoms with van der Waals surface area (Å²) in [5.41, 5.74) is 2.14. The molecular formula is C10H11N3O2. The molecule has 1 aromatic heterocycles. The molecule has 2 rings (SSSR count). The Kier molecular flexibility index (Phi) is 2.29. The summed E-state index contributed by atoms with van der Waals surface area (Å²) in [5.74, 6) is 0.613. The van der Waals surface area contributed by atoms with E-state index in [9.17, 15) is 4.79 Å². The molecule has 15 heavy (non-hydrogen) atoms. The van der Waals surface area contributed by atoms with Crippen molar-refractivity contribution >= 4 is 22.8 Å². The van der Waals surface area contributed by atoms with Gasteiger partial charge in [0, 0.05) is 19.7 Å². The number of hydrogen-bond acceptors (Lipinski definition) is 3. The normalized spacial score (nSPS) is 10.3. The van der Waals surface area contributed by atoms with Crippen LogP contribution >= 0.6 is 0 Å². The fourth-order valence-corrected chi connectivity index (χ4v) is 1.31. The highest BCUT2D eigenvalue weighted by atomic mass is 16.3. The van der Waals surface area contributed by atoms with E-state index >= 15 is 0 Å². The minimum Gasteiger partial charge on any atom is -0.441 e. The second kappa shape index (κ2) is 3.61. The summed E-state index contributed by atoms with van der Waals surface area (Å²) in [6.45, 7) is 1.78. The third-order valence-electron chi connectivity index (χ3n) is 1.98. The van der Waals surface area contributed by atoms with Gasteiger partial charge in [-0.1, -0.05) is 0 Å². The van der Waals surface area contributed by atoms with Gasteiger partial charge in [0.25, 0.3) is 0 Å². The predicted octanol–water partition coefficient (Wildman–Crippen LogP) is 1.89. The molecule has 2 aromatic rings. The molecule has 0 radical (unpaired) electrons. The Balaban J connectivity index is 2.33. The van der Waals surface area contributed by atoms with Crippen molar-refractivity contribution in [1.29, 1.82) is 0 Å². The zero-order chi connectivity index (χ0) is 10.8. The quantitative estimate of drug-likeness (QED) is 0.747. The number of aromatic nitrogens is 1. The Hall–Kier alpha value is -2.04. The van der Waals surface area contributed by atoms with Gasteiger partial charge in [-0.2, -0.15) is 0 Å². The zero-order valence-corrected chi connectivity index (χ0v) is 8.50. The molecule has 0 spiro atoms. The van der Waals surface area contributed by atoms with E-state index in [0.29, 0.717) is 11.6 Å². The predicted molar refractivity (Wildman–Crippen MR) is 56.8 cm³/mol. The fourth-order valence-electron chi connectivity index (χ4n) is 1.31. The number of carbonyl (C=O) groups is 1. The molecule has 0 atom stereocenters. The maximum atomic E-state index is 11.1. The first-order valence-electron chi connectivity index (χ1n) is 4.55. The Labute approximate surface area is 86.5 Å². The van der Waals surface area contributed by atoms with Gasteiger partial charge in [-0.05, 0) is 18.2 Å². The van der Waals surface area contributed by atoms with Crippen molar-refractivity contribution in [1.82, 2.24) is 10.3 Å². The van der Waals surface area contributed by atoms with Crippen LogP contribution in [0.4, 0.5) is 10.5 Å². The first kappa shape index (κ1) is 9.51. The average molecular weight is 205 g/mol. The number of urea groups is 1. The Morgan fingerprint density at radius 3 is 3.00 bits per heavy atom. The second-order valence-electron chi connectivity index (χ2n) is 3.12. The van der Waals surface area contributed by atoms with Crippen LogP contribution in [0.25, 0.3) is 11.1 Å². The van der Waals surface area contributed by atoms with Crippen LogP contribution in [0.2, 0.25) is 0 Å². The number of fused-ring (bicyclic) bond motifs is 1. The molecule has 5 heteroatoms. The van der Waals surface area contributed by atoms with E-state index in [4.69, 9.17) is 4.42 Å². The van der Waals surface area contributed by atoms with Crippen LogP contribution in [0.1, 0.15) is 5.89 Å². The van der Waals surface area contributed by atoms with E-state index in [-0.39, 0.29) is 6.03 Å². The van der Waals surface area contributed by atoms with Gasteiger partial charge in [0.2, 0.25) is 0 Å². The van der Waals surface area contributed by atoms with Crippen LogP contribution in [0.3, 0.4) is 0 Å². The Morgan fingerprint density at radius 2 is 2.27 bits per heavy atom. The van der Waals surface area contributed by atoms with Gasteiger partial charge in [-0.15, -0.1) is 0 Å². The van der Waals surface area contributed by atoms with E-state index < -0.39 is 0 Å². The highest BCUT2D eigenvalue weighted by molar-refractivity contribution is 5.91. The standard InChI is InChI=1S/C10H11N3O2/c1-6-12-8-5-7(13-10(14)11-2)3-4-9(8)15-6/h3-5H,1-2H3,(H2,11,13,14). The van der Waals surface area contributed by atoms with E-state index in [2.05, 4.69) is 15.6 Å². The number of carbonyl (C=O) groups excluding carboxylic acids is 1. The lowest BCUT2D eigenvalue weighted by molar-refractivity contribution is 0.254. The van der Waals surface area contributed by atoms with Crippen molar-refractivity contribution in [3.63, 3.8) is 0 Å². The van der Waals surface area contributed by atoms with Crippen LogP contribution in [-0.2, 0) is 0 Å². The molecule has 0 saturated carbocycles. The van der Waals surface area contributed by atoms with Gasteiger partial charge < -0.3 is 15.1 Å². The monoisotopic (exact) mass is 205 g/mol. The lowest BCUT2D eigenvalue weighted by Gasteiger charge is -2.02. The van der Waals surface area contributed by atoms with Gasteiger partial charge in [-0.25, -0.2) is 9.78 Å². The fraction of sp³-hybridized carbons (Fsp3) is 0.200. The average Bonchev–Trinajstić information content (AvgIpc) is 2.57. The third-order valence-corrected chi connectivity index (χ3v) is 1.98. The van der Waals surface area contributed by atoms with Crippen LogP contribution in [-0.4, -0.2) is 18.1 Å². The second-order valence-corrected chi connectivity index (χ2v) is 3.12. The molecule has 2 N–H and O–H groups in total. The topological polar surface area (TPSA) is 67.2 Å². The molecular weight excluding hydrogens is 194 g/mol. The Morgan fingerprint density at radius 1 is 1.47 bits per heavy atom. The highest BCUT2D eigenvalue weighted by Gasteiger charge is 2.04. The summed E-state index contributed by atoms with van der Waals surface area (Å²) in [6.07, 6.45) is 0. The maximum absolute atomic E-state index is 11.1. The molecule has 0 fully saturated rings. The number of nitrogens with zero attached hydrogens (tertiary/aromatic N) is 1. The van der Waals surface area contributed by atoms with Crippen molar-refractivity contribution in [2.45, 2.75) is 6.92 Å². The molecule has 0 aliphatic carbocycles. The molecule has 0 aliphatic heterocycles. The number of hydrogen-bond donors (Lipinski definition) is 2. The van der Waals surface area contributed by atoms with Crippen molar-refractivity contribution in [3.05, 3.63) is 24.1 Å². The summed E-state index contributed by atoms with van der Waals surface area (Å²) < 4.78 is 5.31. The number of nitrogens with one attached hydrogen (secondary N) is 2. The first-order valence-corrected chi connectivity index (χ1v) is 4.55. The van der Waals surface area contributed by atoms with Gasteiger partial charge in [0.05, 0.1) is 0 Å². The lowest BCUT2D eigenvalue weighted by atomic mass is 10.3. The van der Waals surface area contributed by atoms with Crippen LogP contribution in [0.5, 0.6) is 0 Å². The zero-order valence-electron chi connectivity index (χ0n) is 8.50. The van der Waals surface area contributed by atoms with Gasteiger partial charge >= 0.3 is 6.03 Å². The van der Waals surface area contributed by atoms with Crippen LogP contribution in [0.15, 0.2) is 22.6 Å². The third kappa shape index (κ3) is 1.90. The minimum atomic E-state index is -0.255. The van der Waals surface area contributed by atoms with Crippen molar-refractivity contribution in [3.8, 4) is 0 Å². The number of benzene rings is 1. The van der Waals surface area contributed by atoms with Crippen molar-refractivity contribution in [2.75, 3.05) is 12.4 Å². The molecule has 1 aromatic carbocycles. The summed E-state index contributed by atoms with van der Waals surface area (Å²) in [5, 5.41) is 5.13. The van der Waals surface area contributed by atoms with E-state index in [0.717, 1.165) is 11.1 Å². The molecule has 2 amide bonds. The SMILES string of the molecule is CNC(=O)Nc1ccc2oc(C)nc2c1. The highest BCUT2D eigenvalue weighted by Crippen LogP contribution is 2.19. The molecule has 0 bridgehead atoms. The van der Waals surface area contributed by atoms with Gasteiger partial charge in [-0.3, -0.25) is 0 Å². The summed E-state index contributed by atoms with van der Waals surface area (Å²) in [6, 6.07) is 5.05. The summed E-state index contributed by atoms with van der Waals surface area (Å²) in [4.78, 5) is 15.2. The number of anilines is 1. The largest absolute Gasteiger partial charge is 0.441 e. The van der Waals surface area contributed by atoms with Crippen LogP contribution < -0.4 is 10.6 Å². The first-order chi connectivity index (χ1) is 7.19. The molecule has 0 aliphatic rings. The van der Waals surface area contributed by atoms with E-state index in [1.807, 2.05) is 0 Å². The minimum absolute atomic E-state index is 0.255. The summed E-state index contributed by atoms with van der Waals surface area (Å²) in [7, 11) is 1.56. The molecule has 78 valence electrons. The maximum Gasteiger partial charge on any atom is 0.318 e. The Bertz CT molecular complexity index is 504. The number of amides is 2. The van der Waals surface area contributed by atoms with Gasteiger partial charge in [0.15, 0.2) is 11.5 Å². The number of aryl methyl sites for hydroxylation is 1. The molecule has 0 unspecified atom stereocenters. The summed E-state index contributed by atoms with van der Waals surface area (Å²) >= 11 is 0.